The predicted octanol–water partition coefficient (Wildman–Crippen LogP) is 3.18. The third kappa shape index (κ3) is 1.66. The molecule has 0 bridgehead atoms. The summed E-state index contributed by atoms with van der Waals surface area (Å²) < 4.78 is 5.52. The lowest BCUT2D eigenvalue weighted by atomic mass is 9.97. The minimum absolute atomic E-state index is 0.800. The van der Waals surface area contributed by atoms with Crippen LogP contribution in [0.4, 0.5) is 5.69 Å². The Bertz CT molecular complexity index is 575. The lowest BCUT2D eigenvalue weighted by Gasteiger charge is -2.09. The Labute approximate surface area is 101 Å². The van der Waals surface area contributed by atoms with E-state index in [1.807, 2.05) is 12.1 Å². The summed E-state index contributed by atoms with van der Waals surface area (Å²) in [5, 5.41) is 0. The van der Waals surface area contributed by atoms with Gasteiger partial charge in [0.15, 0.2) is 0 Å². The van der Waals surface area contributed by atoms with E-state index in [2.05, 4.69) is 31.2 Å². The molecule has 3 rings (SSSR count). The fourth-order valence-corrected chi connectivity index (χ4v) is 2.32. The van der Waals surface area contributed by atoms with Gasteiger partial charge in [-0.05, 0) is 47.4 Å². The number of nitrogens with two attached hydrogens (primary N) is 1. The van der Waals surface area contributed by atoms with Crippen molar-refractivity contribution in [3.8, 4) is 16.9 Å². The number of benzene rings is 2. The van der Waals surface area contributed by atoms with Crippen molar-refractivity contribution in [2.24, 2.45) is 0 Å². The van der Waals surface area contributed by atoms with Gasteiger partial charge in [0.25, 0.3) is 0 Å². The lowest BCUT2D eigenvalue weighted by Crippen LogP contribution is -1.92. The molecule has 2 nitrogen and oxygen atoms in total. The Hall–Kier alpha value is -1.96. The van der Waals surface area contributed by atoms with Gasteiger partial charge in [-0.15, -0.1) is 0 Å². The van der Waals surface area contributed by atoms with E-state index in [0.717, 1.165) is 30.0 Å². The Balaban J connectivity index is 2.13. The zero-order valence-electron chi connectivity index (χ0n) is 9.86. The summed E-state index contributed by atoms with van der Waals surface area (Å²) in [6.07, 6.45) is 1.00. The van der Waals surface area contributed by atoms with Gasteiger partial charge in [-0.3, -0.25) is 0 Å². The van der Waals surface area contributed by atoms with Crippen LogP contribution in [0.1, 0.15) is 11.1 Å². The van der Waals surface area contributed by atoms with E-state index in [1.54, 1.807) is 0 Å². The van der Waals surface area contributed by atoms with Gasteiger partial charge in [0, 0.05) is 12.1 Å². The Kier molecular flexibility index (Phi) is 2.29. The SMILES string of the molecule is Cc1c(N)cccc1-c1ccc2c(c1)CCO2. The zero-order valence-corrected chi connectivity index (χ0v) is 9.86. The molecule has 17 heavy (non-hydrogen) atoms. The molecule has 1 aliphatic heterocycles. The molecule has 1 heterocycles. The first-order valence-electron chi connectivity index (χ1n) is 5.87. The van der Waals surface area contributed by atoms with E-state index < -0.39 is 0 Å². The first kappa shape index (κ1) is 10.2. The molecular weight excluding hydrogens is 210 g/mol. The van der Waals surface area contributed by atoms with Crippen LogP contribution < -0.4 is 10.5 Å². The first-order valence-corrected chi connectivity index (χ1v) is 5.87. The monoisotopic (exact) mass is 225 g/mol. The van der Waals surface area contributed by atoms with Crippen molar-refractivity contribution in [1.29, 1.82) is 0 Å². The Morgan fingerprint density at radius 2 is 2.06 bits per heavy atom. The van der Waals surface area contributed by atoms with E-state index >= 15 is 0 Å². The lowest BCUT2D eigenvalue weighted by molar-refractivity contribution is 0.357. The largest absolute Gasteiger partial charge is 0.493 e. The van der Waals surface area contributed by atoms with Gasteiger partial charge in [-0.25, -0.2) is 0 Å². The second kappa shape index (κ2) is 3.81. The third-order valence-electron chi connectivity index (χ3n) is 3.38. The summed E-state index contributed by atoms with van der Waals surface area (Å²) in [5.74, 6) is 1.02. The Morgan fingerprint density at radius 3 is 2.94 bits per heavy atom. The van der Waals surface area contributed by atoms with E-state index in [4.69, 9.17) is 10.5 Å². The molecule has 1 aliphatic rings. The number of anilines is 1. The standard InChI is InChI=1S/C15H15NO/c1-10-13(3-2-4-14(10)16)11-5-6-15-12(9-11)7-8-17-15/h2-6,9H,7-8,16H2,1H3. The van der Waals surface area contributed by atoms with E-state index in [1.165, 1.54) is 16.7 Å². The molecule has 0 atom stereocenters. The summed E-state index contributed by atoms with van der Waals surface area (Å²) in [7, 11) is 0. The van der Waals surface area contributed by atoms with Crippen LogP contribution in [0.5, 0.6) is 5.75 Å². The van der Waals surface area contributed by atoms with Crippen molar-refractivity contribution in [2.75, 3.05) is 12.3 Å². The first-order chi connectivity index (χ1) is 8.25. The van der Waals surface area contributed by atoms with Crippen LogP contribution >= 0.6 is 0 Å². The molecule has 0 amide bonds. The fourth-order valence-electron chi connectivity index (χ4n) is 2.32. The number of fused-ring (bicyclic) bond motifs is 1. The highest BCUT2D eigenvalue weighted by Crippen LogP contribution is 2.33. The summed E-state index contributed by atoms with van der Waals surface area (Å²) in [5.41, 5.74) is 11.7. The van der Waals surface area contributed by atoms with Gasteiger partial charge in [0.1, 0.15) is 5.75 Å². The Morgan fingerprint density at radius 1 is 1.18 bits per heavy atom. The minimum atomic E-state index is 0.800. The van der Waals surface area contributed by atoms with Gasteiger partial charge >= 0.3 is 0 Å². The molecule has 0 aromatic heterocycles. The van der Waals surface area contributed by atoms with E-state index in [0.29, 0.717) is 0 Å². The van der Waals surface area contributed by atoms with E-state index in [9.17, 15) is 0 Å². The fraction of sp³-hybridized carbons (Fsp3) is 0.200. The van der Waals surface area contributed by atoms with Gasteiger partial charge in [0.05, 0.1) is 6.61 Å². The molecule has 0 saturated carbocycles. The molecule has 2 aromatic carbocycles. The number of nitrogen functional groups attached to an aromatic ring is 1. The number of hydrogen-bond acceptors (Lipinski definition) is 2. The van der Waals surface area contributed by atoms with Gasteiger partial charge in [0.2, 0.25) is 0 Å². The second-order valence-corrected chi connectivity index (χ2v) is 4.44. The average molecular weight is 225 g/mol. The van der Waals surface area contributed by atoms with Gasteiger partial charge in [-0.2, -0.15) is 0 Å². The normalized spacial score (nSPS) is 13.2. The maximum Gasteiger partial charge on any atom is 0.122 e. The molecule has 2 aromatic rings. The molecule has 0 spiro atoms. The highest BCUT2D eigenvalue weighted by molar-refractivity contribution is 5.73. The van der Waals surface area contributed by atoms with E-state index in [-0.39, 0.29) is 0 Å². The third-order valence-corrected chi connectivity index (χ3v) is 3.38. The van der Waals surface area contributed by atoms with Crippen molar-refractivity contribution in [1.82, 2.24) is 0 Å². The molecular formula is C15H15NO. The van der Waals surface area contributed by atoms with Crippen LogP contribution in [0.25, 0.3) is 11.1 Å². The van der Waals surface area contributed by atoms with Crippen LogP contribution in [0.2, 0.25) is 0 Å². The molecule has 0 saturated heterocycles. The van der Waals surface area contributed by atoms with Crippen molar-refractivity contribution < 1.29 is 4.74 Å². The van der Waals surface area contributed by atoms with Crippen molar-refractivity contribution in [3.63, 3.8) is 0 Å². The van der Waals surface area contributed by atoms with Crippen LogP contribution in [0.3, 0.4) is 0 Å². The zero-order chi connectivity index (χ0) is 11.8. The number of rotatable bonds is 1. The van der Waals surface area contributed by atoms with Gasteiger partial charge in [-0.1, -0.05) is 18.2 Å². The topological polar surface area (TPSA) is 35.2 Å². The molecule has 0 fully saturated rings. The maximum atomic E-state index is 5.95. The number of hydrogen-bond donors (Lipinski definition) is 1. The quantitative estimate of drug-likeness (QED) is 0.756. The molecule has 0 aliphatic carbocycles. The smallest absolute Gasteiger partial charge is 0.122 e. The average Bonchev–Trinajstić information content (AvgIpc) is 2.79. The molecule has 0 unspecified atom stereocenters. The highest BCUT2D eigenvalue weighted by Gasteiger charge is 2.13. The van der Waals surface area contributed by atoms with Crippen LogP contribution in [0, 0.1) is 6.92 Å². The van der Waals surface area contributed by atoms with Crippen molar-refractivity contribution in [3.05, 3.63) is 47.5 Å². The molecule has 2 N–H and O–H groups in total. The van der Waals surface area contributed by atoms with Crippen LogP contribution in [-0.2, 0) is 6.42 Å². The summed E-state index contributed by atoms with van der Waals surface area (Å²) in [6, 6.07) is 12.4. The molecule has 0 radical (unpaired) electrons. The summed E-state index contributed by atoms with van der Waals surface area (Å²) >= 11 is 0. The number of ether oxygens (including phenoxy) is 1. The van der Waals surface area contributed by atoms with Gasteiger partial charge < -0.3 is 10.5 Å². The summed E-state index contributed by atoms with van der Waals surface area (Å²) in [6.45, 7) is 2.86. The second-order valence-electron chi connectivity index (χ2n) is 4.44. The molecule has 86 valence electrons. The van der Waals surface area contributed by atoms with Crippen LogP contribution in [0.15, 0.2) is 36.4 Å². The predicted molar refractivity (Wildman–Crippen MR) is 70.2 cm³/mol. The molecule has 2 heteroatoms. The highest BCUT2D eigenvalue weighted by atomic mass is 16.5. The maximum absolute atomic E-state index is 5.95. The van der Waals surface area contributed by atoms with Crippen molar-refractivity contribution >= 4 is 5.69 Å². The van der Waals surface area contributed by atoms with Crippen molar-refractivity contribution in [2.45, 2.75) is 13.3 Å². The minimum Gasteiger partial charge on any atom is -0.493 e. The summed E-state index contributed by atoms with van der Waals surface area (Å²) in [4.78, 5) is 0. The van der Waals surface area contributed by atoms with Crippen LogP contribution in [-0.4, -0.2) is 6.61 Å².